The summed E-state index contributed by atoms with van der Waals surface area (Å²) in [6, 6.07) is 16.3. The van der Waals surface area contributed by atoms with Gasteiger partial charge in [0.05, 0.1) is 25.2 Å². The van der Waals surface area contributed by atoms with Crippen molar-refractivity contribution in [3.05, 3.63) is 60.2 Å². The molecule has 1 atom stereocenters. The molecule has 162 valence electrons. The molecule has 0 radical (unpaired) electrons. The van der Waals surface area contributed by atoms with E-state index in [1.165, 1.54) is 0 Å². The van der Waals surface area contributed by atoms with E-state index in [0.717, 1.165) is 5.56 Å². The van der Waals surface area contributed by atoms with E-state index in [4.69, 9.17) is 9.47 Å². The summed E-state index contributed by atoms with van der Waals surface area (Å²) in [5.41, 5.74) is 0.860. The van der Waals surface area contributed by atoms with Crippen molar-refractivity contribution in [2.75, 3.05) is 51.9 Å². The maximum Gasteiger partial charge on any atom is 0.244 e. The SMILES string of the molecule is COc1ccccc1OCCN(C)C(=O)C(c1ccccc1)N1CCS(=O)(=O)CC1. The fourth-order valence-electron chi connectivity index (χ4n) is 3.48. The summed E-state index contributed by atoms with van der Waals surface area (Å²) in [5.74, 6) is 1.34. The maximum atomic E-state index is 13.3. The lowest BCUT2D eigenvalue weighted by Crippen LogP contribution is -2.48. The Morgan fingerprint density at radius 2 is 1.63 bits per heavy atom. The van der Waals surface area contributed by atoms with Gasteiger partial charge >= 0.3 is 0 Å². The first-order chi connectivity index (χ1) is 14.4. The quantitative estimate of drug-likeness (QED) is 0.635. The van der Waals surface area contributed by atoms with E-state index in [1.807, 2.05) is 59.5 Å². The van der Waals surface area contributed by atoms with Crippen molar-refractivity contribution in [3.63, 3.8) is 0 Å². The topological polar surface area (TPSA) is 76.2 Å². The van der Waals surface area contributed by atoms with E-state index < -0.39 is 15.9 Å². The zero-order valence-corrected chi connectivity index (χ0v) is 18.2. The van der Waals surface area contributed by atoms with Crippen LogP contribution in [0.2, 0.25) is 0 Å². The molecule has 1 unspecified atom stereocenters. The minimum atomic E-state index is -3.03. The third-order valence-corrected chi connectivity index (χ3v) is 6.83. The van der Waals surface area contributed by atoms with Crippen LogP contribution in [0.15, 0.2) is 54.6 Å². The first-order valence-electron chi connectivity index (χ1n) is 9.91. The van der Waals surface area contributed by atoms with Crippen molar-refractivity contribution >= 4 is 15.7 Å². The largest absolute Gasteiger partial charge is 0.493 e. The summed E-state index contributed by atoms with van der Waals surface area (Å²) in [5, 5.41) is 0. The Bertz CT molecular complexity index is 935. The molecule has 8 heteroatoms. The van der Waals surface area contributed by atoms with Crippen molar-refractivity contribution in [2.24, 2.45) is 0 Å². The monoisotopic (exact) mass is 432 g/mol. The van der Waals surface area contributed by atoms with E-state index in [2.05, 4.69) is 0 Å². The van der Waals surface area contributed by atoms with Gasteiger partial charge in [-0.3, -0.25) is 9.69 Å². The molecular formula is C22H28N2O5S. The van der Waals surface area contributed by atoms with Gasteiger partial charge in [0.25, 0.3) is 0 Å². The molecule has 0 bridgehead atoms. The zero-order chi connectivity index (χ0) is 21.6. The third kappa shape index (κ3) is 5.52. The lowest BCUT2D eigenvalue weighted by Gasteiger charge is -2.35. The number of rotatable bonds is 8. The standard InChI is InChI=1S/C22H28N2O5S/c1-23(12-15-29-20-11-7-6-10-19(20)28-2)22(25)21(18-8-4-3-5-9-18)24-13-16-30(26,27)17-14-24/h3-11,21H,12-17H2,1-2H3. The molecule has 7 nitrogen and oxygen atoms in total. The number of sulfone groups is 1. The molecule has 1 heterocycles. The summed E-state index contributed by atoms with van der Waals surface area (Å²) < 4.78 is 34.8. The molecule has 0 saturated carbocycles. The molecule has 1 fully saturated rings. The summed E-state index contributed by atoms with van der Waals surface area (Å²) in [7, 11) is 0.298. The molecule has 2 aromatic rings. The summed E-state index contributed by atoms with van der Waals surface area (Å²) in [6.45, 7) is 1.41. The average Bonchev–Trinajstić information content (AvgIpc) is 2.76. The summed E-state index contributed by atoms with van der Waals surface area (Å²) >= 11 is 0. The number of nitrogens with zero attached hydrogens (tertiary/aromatic N) is 2. The van der Waals surface area contributed by atoms with Gasteiger partial charge in [0.15, 0.2) is 21.3 Å². The number of hydrogen-bond donors (Lipinski definition) is 0. The lowest BCUT2D eigenvalue weighted by molar-refractivity contribution is -0.136. The van der Waals surface area contributed by atoms with E-state index >= 15 is 0 Å². The van der Waals surface area contributed by atoms with Crippen LogP contribution >= 0.6 is 0 Å². The molecule has 1 saturated heterocycles. The predicted octanol–water partition coefficient (Wildman–Crippen LogP) is 2.00. The molecule has 0 aliphatic carbocycles. The second-order valence-corrected chi connectivity index (χ2v) is 9.56. The summed E-state index contributed by atoms with van der Waals surface area (Å²) in [6.07, 6.45) is 0. The van der Waals surface area contributed by atoms with Crippen molar-refractivity contribution in [1.29, 1.82) is 0 Å². The van der Waals surface area contributed by atoms with Gasteiger partial charge in [-0.2, -0.15) is 0 Å². The Hall–Kier alpha value is -2.58. The van der Waals surface area contributed by atoms with E-state index in [0.29, 0.717) is 37.7 Å². The van der Waals surface area contributed by atoms with E-state index in [1.54, 1.807) is 19.1 Å². The number of ether oxygens (including phenoxy) is 2. The minimum Gasteiger partial charge on any atom is -0.493 e. The van der Waals surface area contributed by atoms with Crippen LogP contribution in [0.25, 0.3) is 0 Å². The van der Waals surface area contributed by atoms with Crippen molar-refractivity contribution in [1.82, 2.24) is 9.80 Å². The molecule has 1 aliphatic rings. The normalized spacial score (nSPS) is 17.1. The van der Waals surface area contributed by atoms with Gasteiger partial charge in [0.2, 0.25) is 5.91 Å². The predicted molar refractivity (Wildman–Crippen MR) is 116 cm³/mol. The molecule has 0 aromatic heterocycles. The first kappa shape index (κ1) is 22.1. The molecule has 30 heavy (non-hydrogen) atoms. The Labute approximate surface area is 178 Å². The van der Waals surface area contributed by atoms with Crippen LogP contribution in [0.3, 0.4) is 0 Å². The smallest absolute Gasteiger partial charge is 0.244 e. The Kier molecular flexibility index (Phi) is 7.33. The fraction of sp³-hybridized carbons (Fsp3) is 0.409. The van der Waals surface area contributed by atoms with Crippen molar-refractivity contribution < 1.29 is 22.7 Å². The Morgan fingerprint density at radius 1 is 1.03 bits per heavy atom. The van der Waals surface area contributed by atoms with Gasteiger partial charge < -0.3 is 14.4 Å². The first-order valence-corrected chi connectivity index (χ1v) is 11.7. The molecule has 1 amide bonds. The average molecular weight is 433 g/mol. The van der Waals surface area contributed by atoms with Gasteiger partial charge in [-0.1, -0.05) is 42.5 Å². The number of amides is 1. The van der Waals surface area contributed by atoms with E-state index in [-0.39, 0.29) is 17.4 Å². The molecular weight excluding hydrogens is 404 g/mol. The number of carbonyl (C=O) groups is 1. The second kappa shape index (κ2) is 9.95. The van der Waals surface area contributed by atoms with E-state index in [9.17, 15) is 13.2 Å². The Balaban J connectivity index is 1.68. The highest BCUT2D eigenvalue weighted by atomic mass is 32.2. The van der Waals surface area contributed by atoms with Gasteiger partial charge in [-0.25, -0.2) is 8.42 Å². The van der Waals surface area contributed by atoms with Gasteiger partial charge in [0.1, 0.15) is 12.6 Å². The van der Waals surface area contributed by atoms with Crippen molar-refractivity contribution in [2.45, 2.75) is 6.04 Å². The number of methoxy groups -OCH3 is 1. The van der Waals surface area contributed by atoms with Gasteiger partial charge in [-0.05, 0) is 17.7 Å². The second-order valence-electron chi connectivity index (χ2n) is 7.26. The number of hydrogen-bond acceptors (Lipinski definition) is 6. The van der Waals surface area contributed by atoms with Crippen LogP contribution < -0.4 is 9.47 Å². The number of benzene rings is 2. The van der Waals surface area contributed by atoms with Crippen LogP contribution in [0.1, 0.15) is 11.6 Å². The van der Waals surface area contributed by atoms with Gasteiger partial charge in [-0.15, -0.1) is 0 Å². The maximum absolute atomic E-state index is 13.3. The highest BCUT2D eigenvalue weighted by Gasteiger charge is 2.33. The Morgan fingerprint density at radius 3 is 2.27 bits per heavy atom. The highest BCUT2D eigenvalue weighted by molar-refractivity contribution is 7.91. The van der Waals surface area contributed by atoms with Crippen LogP contribution in [0, 0.1) is 0 Å². The number of carbonyl (C=O) groups excluding carboxylic acids is 1. The molecule has 3 rings (SSSR count). The summed E-state index contributed by atoms with van der Waals surface area (Å²) in [4.78, 5) is 16.9. The zero-order valence-electron chi connectivity index (χ0n) is 17.4. The highest BCUT2D eigenvalue weighted by Crippen LogP contribution is 2.27. The lowest BCUT2D eigenvalue weighted by atomic mass is 10.0. The molecule has 0 spiro atoms. The number of para-hydroxylation sites is 2. The fourth-order valence-corrected chi connectivity index (χ4v) is 4.71. The molecule has 1 aliphatic heterocycles. The van der Waals surface area contributed by atoms with Crippen LogP contribution in [0.5, 0.6) is 11.5 Å². The third-order valence-electron chi connectivity index (χ3n) is 5.22. The van der Waals surface area contributed by atoms with Gasteiger partial charge in [0, 0.05) is 20.1 Å². The number of likely N-dealkylation sites (N-methyl/N-ethyl adjacent to an activating group) is 1. The van der Waals surface area contributed by atoms with Crippen molar-refractivity contribution in [3.8, 4) is 11.5 Å². The molecule has 2 aromatic carbocycles. The molecule has 0 N–H and O–H groups in total. The van der Waals surface area contributed by atoms with Crippen LogP contribution in [-0.2, 0) is 14.6 Å². The minimum absolute atomic E-state index is 0.0737. The van der Waals surface area contributed by atoms with Crippen LogP contribution in [0.4, 0.5) is 0 Å². The van der Waals surface area contributed by atoms with Crippen LogP contribution in [-0.4, -0.2) is 76.0 Å².